The second-order valence-corrected chi connectivity index (χ2v) is 7.35. The summed E-state index contributed by atoms with van der Waals surface area (Å²) >= 11 is 0. The molecular formula is C22H21N7O2. The van der Waals surface area contributed by atoms with Gasteiger partial charge in [-0.1, -0.05) is 6.07 Å². The van der Waals surface area contributed by atoms with Crippen LogP contribution in [0.15, 0.2) is 55.2 Å². The summed E-state index contributed by atoms with van der Waals surface area (Å²) in [4.78, 5) is 27.6. The predicted octanol–water partition coefficient (Wildman–Crippen LogP) is 2.50. The van der Waals surface area contributed by atoms with Crippen LogP contribution in [0.5, 0.6) is 0 Å². The van der Waals surface area contributed by atoms with E-state index in [1.54, 1.807) is 6.20 Å². The molecule has 2 N–H and O–H groups in total. The number of amides is 1. The van der Waals surface area contributed by atoms with Crippen molar-refractivity contribution < 1.29 is 9.53 Å². The molecule has 1 fully saturated rings. The van der Waals surface area contributed by atoms with Gasteiger partial charge in [0.2, 0.25) is 0 Å². The van der Waals surface area contributed by atoms with Crippen molar-refractivity contribution in [2.24, 2.45) is 0 Å². The highest BCUT2D eigenvalue weighted by Gasteiger charge is 2.16. The number of fused-ring (bicyclic) bond motifs is 1. The van der Waals surface area contributed by atoms with E-state index in [1.165, 1.54) is 12.4 Å². The van der Waals surface area contributed by atoms with Gasteiger partial charge in [-0.25, -0.2) is 4.98 Å². The molecule has 156 valence electrons. The second kappa shape index (κ2) is 8.58. The van der Waals surface area contributed by atoms with Gasteiger partial charge in [-0.3, -0.25) is 24.8 Å². The molecule has 1 saturated heterocycles. The Morgan fingerprint density at radius 2 is 1.97 bits per heavy atom. The smallest absolute Gasteiger partial charge is 0.277 e. The van der Waals surface area contributed by atoms with Crippen molar-refractivity contribution in [1.82, 2.24) is 30.0 Å². The molecule has 0 unspecified atom stereocenters. The van der Waals surface area contributed by atoms with Crippen molar-refractivity contribution >= 4 is 22.6 Å². The standard InChI is InChI=1S/C22H21N7O2/c30-22(26-20-13-23-3-4-25-20)21-18-10-16(1-2-19(18)27-28-21)17-9-15(11-24-12-17)14-29-5-7-31-8-6-29/h1-4,9-13H,5-8,14H2,(H,27,28)(H,25,26,30). The van der Waals surface area contributed by atoms with Crippen LogP contribution in [-0.4, -0.2) is 62.3 Å². The Morgan fingerprint density at radius 3 is 2.81 bits per heavy atom. The summed E-state index contributed by atoms with van der Waals surface area (Å²) in [6, 6.07) is 8.02. The first-order valence-corrected chi connectivity index (χ1v) is 10.1. The molecule has 1 aromatic carbocycles. The number of hydrogen-bond donors (Lipinski definition) is 2. The Bertz CT molecular complexity index is 1200. The maximum atomic E-state index is 12.7. The van der Waals surface area contributed by atoms with E-state index >= 15 is 0 Å². The van der Waals surface area contributed by atoms with Gasteiger partial charge in [-0.15, -0.1) is 0 Å². The number of morpholine rings is 1. The van der Waals surface area contributed by atoms with Gasteiger partial charge >= 0.3 is 0 Å². The number of rotatable bonds is 5. The number of hydrogen-bond acceptors (Lipinski definition) is 7. The molecule has 0 aliphatic carbocycles. The zero-order valence-corrected chi connectivity index (χ0v) is 16.8. The van der Waals surface area contributed by atoms with Crippen LogP contribution in [0, 0.1) is 0 Å². The first-order valence-electron chi connectivity index (χ1n) is 10.1. The molecule has 1 aliphatic rings. The van der Waals surface area contributed by atoms with Crippen LogP contribution in [0.3, 0.4) is 0 Å². The van der Waals surface area contributed by atoms with Gasteiger partial charge in [0.25, 0.3) is 5.91 Å². The van der Waals surface area contributed by atoms with Gasteiger partial charge in [0.05, 0.1) is 24.9 Å². The molecule has 3 aromatic heterocycles. The van der Waals surface area contributed by atoms with E-state index in [-0.39, 0.29) is 5.91 Å². The molecule has 5 rings (SSSR count). The topological polar surface area (TPSA) is 109 Å². The fourth-order valence-corrected chi connectivity index (χ4v) is 3.66. The molecule has 9 nitrogen and oxygen atoms in total. The number of carbonyl (C=O) groups is 1. The molecule has 0 spiro atoms. The molecule has 0 bridgehead atoms. The molecular weight excluding hydrogens is 394 g/mol. The lowest BCUT2D eigenvalue weighted by atomic mass is 10.0. The Kier molecular flexibility index (Phi) is 5.34. The minimum absolute atomic E-state index is 0.305. The molecule has 31 heavy (non-hydrogen) atoms. The summed E-state index contributed by atoms with van der Waals surface area (Å²) in [5.74, 6) is 0.0305. The molecule has 0 atom stereocenters. The summed E-state index contributed by atoms with van der Waals surface area (Å²) in [6.07, 6.45) is 8.29. The second-order valence-electron chi connectivity index (χ2n) is 7.35. The van der Waals surface area contributed by atoms with Crippen LogP contribution in [0.2, 0.25) is 0 Å². The SMILES string of the molecule is O=C(Nc1cnccn1)c1n[nH]c2ccc(-c3cncc(CN4CCOCC4)c3)cc12. The van der Waals surface area contributed by atoms with E-state index in [2.05, 4.69) is 41.4 Å². The van der Waals surface area contributed by atoms with Crippen LogP contribution in [-0.2, 0) is 11.3 Å². The third-order valence-corrected chi connectivity index (χ3v) is 5.22. The highest BCUT2D eigenvalue weighted by Crippen LogP contribution is 2.26. The number of H-pyrrole nitrogens is 1. The monoisotopic (exact) mass is 415 g/mol. The number of aromatic nitrogens is 5. The van der Waals surface area contributed by atoms with Crippen molar-refractivity contribution in [2.75, 3.05) is 31.6 Å². The minimum Gasteiger partial charge on any atom is -0.379 e. The van der Waals surface area contributed by atoms with Crippen molar-refractivity contribution in [1.29, 1.82) is 0 Å². The minimum atomic E-state index is -0.344. The van der Waals surface area contributed by atoms with E-state index in [1.807, 2.05) is 30.6 Å². The fraction of sp³-hybridized carbons (Fsp3) is 0.227. The number of carbonyl (C=O) groups excluding carboxylic acids is 1. The average molecular weight is 415 g/mol. The van der Waals surface area contributed by atoms with Gasteiger partial charge in [-0.05, 0) is 29.3 Å². The number of nitrogens with one attached hydrogen (secondary N) is 2. The Balaban J connectivity index is 1.41. The van der Waals surface area contributed by atoms with Gasteiger partial charge in [0.1, 0.15) is 0 Å². The lowest BCUT2D eigenvalue weighted by Gasteiger charge is -2.26. The van der Waals surface area contributed by atoms with Crippen molar-refractivity contribution in [2.45, 2.75) is 6.54 Å². The quantitative estimate of drug-likeness (QED) is 0.515. The van der Waals surface area contributed by atoms with Crippen molar-refractivity contribution in [3.63, 3.8) is 0 Å². The number of anilines is 1. The lowest BCUT2D eigenvalue weighted by Crippen LogP contribution is -2.35. The third kappa shape index (κ3) is 4.27. The number of ether oxygens (including phenoxy) is 1. The van der Waals surface area contributed by atoms with Gasteiger partial charge in [0, 0.05) is 55.4 Å². The van der Waals surface area contributed by atoms with E-state index < -0.39 is 0 Å². The maximum Gasteiger partial charge on any atom is 0.277 e. The predicted molar refractivity (Wildman–Crippen MR) is 115 cm³/mol. The number of benzene rings is 1. The third-order valence-electron chi connectivity index (χ3n) is 5.22. The molecule has 9 heteroatoms. The van der Waals surface area contributed by atoms with Gasteiger partial charge < -0.3 is 10.1 Å². The molecule has 4 heterocycles. The van der Waals surface area contributed by atoms with Crippen LogP contribution < -0.4 is 5.32 Å². The molecule has 0 saturated carbocycles. The van der Waals surface area contributed by atoms with Crippen LogP contribution in [0.25, 0.3) is 22.0 Å². The summed E-state index contributed by atoms with van der Waals surface area (Å²) in [6.45, 7) is 4.22. The lowest BCUT2D eigenvalue weighted by molar-refractivity contribution is 0.0341. The largest absolute Gasteiger partial charge is 0.379 e. The Morgan fingerprint density at radius 1 is 1.06 bits per heavy atom. The number of aromatic amines is 1. The number of pyridine rings is 1. The summed E-state index contributed by atoms with van der Waals surface area (Å²) in [5, 5.41) is 10.6. The zero-order chi connectivity index (χ0) is 21.0. The molecule has 4 aromatic rings. The van der Waals surface area contributed by atoms with Crippen molar-refractivity contribution in [3.8, 4) is 11.1 Å². The van der Waals surface area contributed by atoms with Gasteiger partial charge in [-0.2, -0.15) is 5.10 Å². The summed E-state index contributed by atoms with van der Waals surface area (Å²) < 4.78 is 5.43. The zero-order valence-electron chi connectivity index (χ0n) is 16.8. The average Bonchev–Trinajstić information content (AvgIpc) is 3.24. The summed E-state index contributed by atoms with van der Waals surface area (Å²) in [5.41, 5.74) is 4.20. The number of nitrogens with zero attached hydrogens (tertiary/aromatic N) is 5. The highest BCUT2D eigenvalue weighted by atomic mass is 16.5. The first kappa shape index (κ1) is 19.3. The Labute approximate surface area is 178 Å². The van der Waals surface area contributed by atoms with Crippen LogP contribution in [0.1, 0.15) is 16.1 Å². The molecule has 0 radical (unpaired) electrons. The van der Waals surface area contributed by atoms with E-state index in [0.29, 0.717) is 11.5 Å². The normalized spacial score (nSPS) is 14.6. The highest BCUT2D eigenvalue weighted by molar-refractivity contribution is 6.11. The van der Waals surface area contributed by atoms with Crippen LogP contribution >= 0.6 is 0 Å². The van der Waals surface area contributed by atoms with Gasteiger partial charge in [0.15, 0.2) is 11.5 Å². The van der Waals surface area contributed by atoms with E-state index in [4.69, 9.17) is 4.74 Å². The Hall–Kier alpha value is -3.69. The van der Waals surface area contributed by atoms with Crippen molar-refractivity contribution in [3.05, 3.63) is 66.5 Å². The fourth-order valence-electron chi connectivity index (χ4n) is 3.66. The van der Waals surface area contributed by atoms with E-state index in [9.17, 15) is 4.79 Å². The first-order chi connectivity index (χ1) is 15.3. The summed E-state index contributed by atoms with van der Waals surface area (Å²) in [7, 11) is 0. The van der Waals surface area contributed by atoms with E-state index in [0.717, 1.165) is 60.4 Å². The van der Waals surface area contributed by atoms with Crippen LogP contribution in [0.4, 0.5) is 5.82 Å². The maximum absolute atomic E-state index is 12.7. The molecule has 1 aliphatic heterocycles. The molecule has 1 amide bonds.